The van der Waals surface area contributed by atoms with E-state index in [-0.39, 0.29) is 11.0 Å². The second-order valence-corrected chi connectivity index (χ2v) is 9.39. The Bertz CT molecular complexity index is 1190. The normalized spacial score (nSPS) is 15.4. The average Bonchev–Trinajstić information content (AvgIpc) is 3.32. The van der Waals surface area contributed by atoms with Crippen molar-refractivity contribution in [2.24, 2.45) is 0 Å². The molecule has 2 heterocycles. The molecule has 3 aromatic rings. The molecule has 1 aliphatic rings. The van der Waals surface area contributed by atoms with Crippen molar-refractivity contribution in [2.75, 3.05) is 0 Å². The van der Waals surface area contributed by atoms with Crippen LogP contribution in [-0.4, -0.2) is 30.4 Å². The molecule has 2 aromatic heterocycles. The number of hydrogen-bond acceptors (Lipinski definition) is 5. The molecule has 7 nitrogen and oxygen atoms in total. The van der Waals surface area contributed by atoms with Gasteiger partial charge in [-0.3, -0.25) is 4.79 Å². The molecule has 0 unspecified atom stereocenters. The van der Waals surface area contributed by atoms with Crippen LogP contribution in [0.4, 0.5) is 0 Å². The molecule has 0 aliphatic heterocycles. The number of nitrogens with zero attached hydrogens (tertiary/aromatic N) is 1. The van der Waals surface area contributed by atoms with E-state index in [2.05, 4.69) is 14.7 Å². The van der Waals surface area contributed by atoms with E-state index in [1.165, 1.54) is 6.07 Å². The first-order valence-corrected chi connectivity index (χ1v) is 11.0. The highest BCUT2D eigenvalue weighted by atomic mass is 32.2. The lowest BCUT2D eigenvalue weighted by Crippen LogP contribution is -2.39. The number of aromatic nitrogens is 2. The summed E-state index contributed by atoms with van der Waals surface area (Å²) in [6, 6.07) is 8.46. The van der Waals surface area contributed by atoms with Gasteiger partial charge in [-0.05, 0) is 63.4 Å². The highest BCUT2D eigenvalue weighted by Crippen LogP contribution is 2.51. The van der Waals surface area contributed by atoms with Gasteiger partial charge in [0.25, 0.3) is 10.0 Å². The lowest BCUT2D eigenvalue weighted by atomic mass is 9.95. The molecular formula is C21H23N3O4S. The third-order valence-electron chi connectivity index (χ3n) is 5.11. The Balaban J connectivity index is 1.69. The van der Waals surface area contributed by atoms with Gasteiger partial charge in [0, 0.05) is 28.9 Å². The van der Waals surface area contributed by atoms with Crippen molar-refractivity contribution in [1.29, 1.82) is 0 Å². The first-order valence-electron chi connectivity index (χ1n) is 9.50. The molecule has 29 heavy (non-hydrogen) atoms. The van der Waals surface area contributed by atoms with Crippen LogP contribution in [0, 0.1) is 6.92 Å². The molecule has 1 aromatic carbocycles. The number of fused-ring (bicyclic) bond motifs is 1. The Morgan fingerprint density at radius 3 is 2.72 bits per heavy atom. The first-order chi connectivity index (χ1) is 13.7. The van der Waals surface area contributed by atoms with Gasteiger partial charge in [0.15, 0.2) is 0 Å². The van der Waals surface area contributed by atoms with Crippen LogP contribution in [0.15, 0.2) is 47.6 Å². The van der Waals surface area contributed by atoms with Crippen LogP contribution < -0.4 is 9.46 Å². The largest absolute Gasteiger partial charge is 0.475 e. The van der Waals surface area contributed by atoms with Crippen LogP contribution in [0.5, 0.6) is 5.88 Å². The van der Waals surface area contributed by atoms with E-state index >= 15 is 0 Å². The van der Waals surface area contributed by atoms with E-state index < -0.39 is 21.3 Å². The Morgan fingerprint density at radius 1 is 1.28 bits per heavy atom. The number of carbonyl (C=O) groups excluding carboxylic acids is 1. The monoisotopic (exact) mass is 413 g/mol. The van der Waals surface area contributed by atoms with Crippen molar-refractivity contribution in [1.82, 2.24) is 14.7 Å². The summed E-state index contributed by atoms with van der Waals surface area (Å²) >= 11 is 0. The predicted octanol–water partition coefficient (Wildman–Crippen LogP) is 3.20. The fourth-order valence-corrected chi connectivity index (χ4v) is 4.80. The van der Waals surface area contributed by atoms with Gasteiger partial charge in [-0.2, -0.15) is 0 Å². The van der Waals surface area contributed by atoms with Crippen molar-refractivity contribution in [2.45, 2.75) is 50.0 Å². The minimum Gasteiger partial charge on any atom is -0.475 e. The second-order valence-electron chi connectivity index (χ2n) is 7.74. The zero-order chi connectivity index (χ0) is 20.8. The molecule has 8 heteroatoms. The molecule has 1 saturated carbocycles. The molecule has 1 fully saturated rings. The molecule has 1 aliphatic carbocycles. The molecule has 1 amide bonds. The van der Waals surface area contributed by atoms with E-state index in [0.717, 1.165) is 5.56 Å². The van der Waals surface area contributed by atoms with Crippen molar-refractivity contribution >= 4 is 26.8 Å². The van der Waals surface area contributed by atoms with E-state index in [4.69, 9.17) is 4.74 Å². The highest BCUT2D eigenvalue weighted by Gasteiger charge is 2.54. The van der Waals surface area contributed by atoms with Crippen molar-refractivity contribution in [3.05, 3.63) is 53.9 Å². The van der Waals surface area contributed by atoms with Crippen LogP contribution in [0.2, 0.25) is 0 Å². The van der Waals surface area contributed by atoms with E-state index in [0.29, 0.717) is 35.2 Å². The fourth-order valence-electron chi connectivity index (χ4n) is 3.53. The number of nitrogens with one attached hydrogen (secondary N) is 2. The number of aromatic amines is 1. The van der Waals surface area contributed by atoms with Crippen molar-refractivity contribution < 1.29 is 17.9 Å². The number of benzene rings is 1. The quantitative estimate of drug-likeness (QED) is 0.646. The maximum Gasteiger partial charge on any atom is 0.264 e. The lowest BCUT2D eigenvalue weighted by Gasteiger charge is -2.20. The van der Waals surface area contributed by atoms with Gasteiger partial charge in [0.1, 0.15) is 0 Å². The zero-order valence-electron chi connectivity index (χ0n) is 16.5. The number of rotatable bonds is 6. The smallest absolute Gasteiger partial charge is 0.264 e. The Kier molecular flexibility index (Phi) is 4.61. The number of carbonyl (C=O) groups is 1. The minimum atomic E-state index is -4.03. The number of pyridine rings is 1. The average molecular weight is 413 g/mol. The summed E-state index contributed by atoms with van der Waals surface area (Å²) in [5, 5.41) is 0.540. The van der Waals surface area contributed by atoms with Gasteiger partial charge in [-0.25, -0.2) is 18.1 Å². The van der Waals surface area contributed by atoms with Gasteiger partial charge >= 0.3 is 0 Å². The molecular weight excluding hydrogens is 390 g/mol. The van der Waals surface area contributed by atoms with E-state index in [9.17, 15) is 13.2 Å². The van der Waals surface area contributed by atoms with Crippen LogP contribution >= 0.6 is 0 Å². The molecule has 2 N–H and O–H groups in total. The molecule has 4 rings (SSSR count). The van der Waals surface area contributed by atoms with Gasteiger partial charge in [-0.15, -0.1) is 0 Å². The molecule has 0 spiro atoms. The molecule has 0 atom stereocenters. The lowest BCUT2D eigenvalue weighted by molar-refractivity contribution is -0.121. The number of amides is 1. The zero-order valence-corrected chi connectivity index (χ0v) is 17.3. The standard InChI is InChI=1S/C21H23N3O4S/c1-13(2)28-19-16(11-14(3)12-23-19)21(8-9-21)20(25)24-29(26,27)18-6-4-5-17-15(18)7-10-22-17/h4-7,10-13,22H,8-9H2,1-3H3,(H,24,25). The summed E-state index contributed by atoms with van der Waals surface area (Å²) in [6.07, 6.45) is 4.32. The van der Waals surface area contributed by atoms with Crippen LogP contribution in [0.25, 0.3) is 10.9 Å². The maximum absolute atomic E-state index is 13.2. The summed E-state index contributed by atoms with van der Waals surface area (Å²) in [7, 11) is -4.03. The Labute approximate surface area is 169 Å². The van der Waals surface area contributed by atoms with Crippen molar-refractivity contribution in [3.63, 3.8) is 0 Å². The third-order valence-corrected chi connectivity index (χ3v) is 6.50. The predicted molar refractivity (Wildman–Crippen MR) is 109 cm³/mol. The summed E-state index contributed by atoms with van der Waals surface area (Å²) in [5.74, 6) is -0.172. The van der Waals surface area contributed by atoms with Crippen molar-refractivity contribution in [3.8, 4) is 5.88 Å². The number of ether oxygens (including phenoxy) is 1. The highest BCUT2D eigenvalue weighted by molar-refractivity contribution is 7.90. The summed E-state index contributed by atoms with van der Waals surface area (Å²) in [6.45, 7) is 5.65. The topological polar surface area (TPSA) is 101 Å². The first kappa shape index (κ1) is 19.4. The molecule has 0 saturated heterocycles. The third kappa shape index (κ3) is 3.48. The van der Waals surface area contributed by atoms with Crippen LogP contribution in [0.3, 0.4) is 0 Å². The number of sulfonamides is 1. The molecule has 152 valence electrons. The summed E-state index contributed by atoms with van der Waals surface area (Å²) in [5.41, 5.74) is 1.27. The second kappa shape index (κ2) is 6.88. The van der Waals surface area contributed by atoms with Gasteiger partial charge in [0.05, 0.1) is 16.4 Å². The molecule has 0 radical (unpaired) electrons. The van der Waals surface area contributed by atoms with E-state index in [1.54, 1.807) is 30.6 Å². The fraction of sp³-hybridized carbons (Fsp3) is 0.333. The summed E-state index contributed by atoms with van der Waals surface area (Å²) < 4.78 is 34.1. The Hall–Kier alpha value is -2.87. The van der Waals surface area contributed by atoms with Gasteiger partial charge in [0.2, 0.25) is 11.8 Å². The SMILES string of the molecule is Cc1cnc(OC(C)C)c(C2(C(=O)NS(=O)(=O)c3cccc4[nH]ccc34)CC2)c1. The molecule has 0 bridgehead atoms. The minimum absolute atomic E-state index is 0.0708. The maximum atomic E-state index is 13.2. The Morgan fingerprint density at radius 2 is 2.03 bits per heavy atom. The van der Waals surface area contributed by atoms with Crippen LogP contribution in [0.1, 0.15) is 37.8 Å². The summed E-state index contributed by atoms with van der Waals surface area (Å²) in [4.78, 5) is 20.6. The van der Waals surface area contributed by atoms with E-state index in [1.807, 2.05) is 26.8 Å². The number of H-pyrrole nitrogens is 1. The van der Waals surface area contributed by atoms with Gasteiger partial charge in [-0.1, -0.05) is 6.07 Å². The number of aryl methyl sites for hydroxylation is 1. The number of hydrogen-bond donors (Lipinski definition) is 2. The van der Waals surface area contributed by atoms with Crippen LogP contribution in [-0.2, 0) is 20.2 Å². The van der Waals surface area contributed by atoms with Gasteiger partial charge < -0.3 is 9.72 Å².